The molecule has 6 heteroatoms. The summed E-state index contributed by atoms with van der Waals surface area (Å²) in [6, 6.07) is 13.0. The van der Waals surface area contributed by atoms with Crippen LogP contribution in [0.15, 0.2) is 57.6 Å². The summed E-state index contributed by atoms with van der Waals surface area (Å²) in [6.45, 7) is 4.31. The summed E-state index contributed by atoms with van der Waals surface area (Å²) in [5.41, 5.74) is 2.80. The third kappa shape index (κ3) is 3.65. The summed E-state index contributed by atoms with van der Waals surface area (Å²) in [5.74, 6) is 1.15. The Morgan fingerprint density at radius 1 is 1.15 bits per heavy atom. The third-order valence-electron chi connectivity index (χ3n) is 3.93. The smallest absolute Gasteiger partial charge is 0.280 e. The minimum Gasteiger partial charge on any atom is -0.493 e. The average molecular weight is 415 g/mol. The maximum atomic E-state index is 12.8. The molecule has 1 heterocycles. The van der Waals surface area contributed by atoms with Gasteiger partial charge in [-0.25, -0.2) is 0 Å². The van der Waals surface area contributed by atoms with Crippen LogP contribution >= 0.6 is 15.9 Å². The van der Waals surface area contributed by atoms with Gasteiger partial charge in [0, 0.05) is 4.47 Å². The van der Waals surface area contributed by atoms with Gasteiger partial charge in [-0.2, -0.15) is 10.1 Å². The molecule has 5 nitrogen and oxygen atoms in total. The number of hydrogen-bond acceptors (Lipinski definition) is 4. The molecule has 0 aromatic heterocycles. The fourth-order valence-corrected chi connectivity index (χ4v) is 2.92. The van der Waals surface area contributed by atoms with Gasteiger partial charge in [0.25, 0.3) is 5.91 Å². The van der Waals surface area contributed by atoms with Crippen LogP contribution in [0.4, 0.5) is 5.69 Å². The topological polar surface area (TPSA) is 51.1 Å². The lowest BCUT2D eigenvalue weighted by molar-refractivity contribution is -0.114. The van der Waals surface area contributed by atoms with E-state index in [9.17, 15) is 4.79 Å². The molecule has 3 rings (SSSR count). The van der Waals surface area contributed by atoms with Gasteiger partial charge < -0.3 is 9.47 Å². The first-order chi connectivity index (χ1) is 12.5. The number of hydrazone groups is 1. The van der Waals surface area contributed by atoms with Gasteiger partial charge in [0.15, 0.2) is 11.5 Å². The number of ether oxygens (including phenoxy) is 2. The molecule has 2 aromatic rings. The largest absolute Gasteiger partial charge is 0.493 e. The normalized spacial score (nSPS) is 15.4. The van der Waals surface area contributed by atoms with Crippen molar-refractivity contribution in [1.82, 2.24) is 0 Å². The molecular weight excluding hydrogens is 396 g/mol. The van der Waals surface area contributed by atoms with Crippen LogP contribution in [0.1, 0.15) is 19.4 Å². The first kappa shape index (κ1) is 18.2. The number of amides is 1. The third-order valence-corrected chi connectivity index (χ3v) is 4.46. The van der Waals surface area contributed by atoms with Crippen molar-refractivity contribution in [3.8, 4) is 11.5 Å². The number of benzene rings is 2. The molecule has 0 saturated heterocycles. The van der Waals surface area contributed by atoms with Crippen molar-refractivity contribution < 1.29 is 14.3 Å². The molecule has 0 aliphatic carbocycles. The van der Waals surface area contributed by atoms with Gasteiger partial charge in [-0.1, -0.05) is 22.0 Å². The zero-order chi connectivity index (χ0) is 18.7. The molecule has 1 aliphatic heterocycles. The Morgan fingerprint density at radius 2 is 1.88 bits per heavy atom. The van der Waals surface area contributed by atoms with E-state index in [4.69, 9.17) is 9.47 Å². The number of carbonyl (C=O) groups is 1. The second kappa shape index (κ2) is 7.74. The molecule has 0 bridgehead atoms. The van der Waals surface area contributed by atoms with E-state index in [-0.39, 0.29) is 5.91 Å². The molecule has 26 heavy (non-hydrogen) atoms. The number of carbonyl (C=O) groups excluding carboxylic acids is 1. The van der Waals surface area contributed by atoms with E-state index < -0.39 is 0 Å². The molecule has 1 amide bonds. The Labute approximate surface area is 161 Å². The van der Waals surface area contributed by atoms with Crippen LogP contribution in [0.25, 0.3) is 6.08 Å². The van der Waals surface area contributed by atoms with Gasteiger partial charge in [0.1, 0.15) is 0 Å². The van der Waals surface area contributed by atoms with E-state index in [0.717, 1.165) is 15.7 Å². The van der Waals surface area contributed by atoms with Crippen LogP contribution < -0.4 is 14.5 Å². The summed E-state index contributed by atoms with van der Waals surface area (Å²) >= 11 is 3.39. The lowest BCUT2D eigenvalue weighted by Gasteiger charge is -2.12. The number of anilines is 1. The van der Waals surface area contributed by atoms with Crippen LogP contribution in [0.5, 0.6) is 11.5 Å². The van der Waals surface area contributed by atoms with Crippen molar-refractivity contribution in [3.63, 3.8) is 0 Å². The highest BCUT2D eigenvalue weighted by Crippen LogP contribution is 2.30. The monoisotopic (exact) mass is 414 g/mol. The SMILES string of the molecule is CCOc1ccc(/C=C2\C(=O)N(c3ccc(Br)cc3)N=C2C)cc1OC. The van der Waals surface area contributed by atoms with E-state index in [1.807, 2.05) is 62.4 Å². The predicted molar refractivity (Wildman–Crippen MR) is 107 cm³/mol. The second-order valence-corrected chi connectivity index (χ2v) is 6.60. The first-order valence-electron chi connectivity index (χ1n) is 8.21. The van der Waals surface area contributed by atoms with Crippen molar-refractivity contribution in [1.29, 1.82) is 0 Å². The Bertz CT molecular complexity index is 888. The molecule has 2 aromatic carbocycles. The number of hydrogen-bond donors (Lipinski definition) is 0. The maximum absolute atomic E-state index is 12.8. The number of halogens is 1. The zero-order valence-corrected chi connectivity index (χ0v) is 16.4. The summed E-state index contributed by atoms with van der Waals surface area (Å²) < 4.78 is 11.9. The van der Waals surface area contributed by atoms with Crippen LogP contribution in [0.3, 0.4) is 0 Å². The number of nitrogens with zero attached hydrogens (tertiary/aromatic N) is 2. The van der Waals surface area contributed by atoms with E-state index in [2.05, 4.69) is 21.0 Å². The van der Waals surface area contributed by atoms with Crippen LogP contribution in [-0.4, -0.2) is 25.3 Å². The molecular formula is C20H19BrN2O3. The van der Waals surface area contributed by atoms with E-state index in [0.29, 0.717) is 29.4 Å². The number of methoxy groups -OCH3 is 1. The molecule has 0 fully saturated rings. The zero-order valence-electron chi connectivity index (χ0n) is 14.8. The Kier molecular flexibility index (Phi) is 5.42. The van der Waals surface area contributed by atoms with Gasteiger partial charge in [-0.3, -0.25) is 4.79 Å². The van der Waals surface area contributed by atoms with Crippen LogP contribution in [0, 0.1) is 0 Å². The van der Waals surface area contributed by atoms with E-state index >= 15 is 0 Å². The minimum absolute atomic E-state index is 0.155. The van der Waals surface area contributed by atoms with Crippen molar-refractivity contribution in [2.24, 2.45) is 5.10 Å². The Morgan fingerprint density at radius 3 is 2.54 bits per heavy atom. The quantitative estimate of drug-likeness (QED) is 0.668. The van der Waals surface area contributed by atoms with Crippen molar-refractivity contribution >= 4 is 39.3 Å². The lowest BCUT2D eigenvalue weighted by Crippen LogP contribution is -2.21. The van der Waals surface area contributed by atoms with Crippen LogP contribution in [0.2, 0.25) is 0 Å². The van der Waals surface area contributed by atoms with Gasteiger partial charge in [-0.05, 0) is 61.9 Å². The predicted octanol–water partition coefficient (Wildman–Crippen LogP) is 4.66. The van der Waals surface area contributed by atoms with Gasteiger partial charge in [-0.15, -0.1) is 0 Å². The standard InChI is InChI=1S/C20H19BrN2O3/c1-4-26-18-10-5-14(12-19(18)25-3)11-17-13(2)22-23(20(17)24)16-8-6-15(21)7-9-16/h5-12H,4H2,1-3H3/b17-11-. The molecule has 0 spiro atoms. The highest BCUT2D eigenvalue weighted by atomic mass is 79.9. The highest BCUT2D eigenvalue weighted by Gasteiger charge is 2.28. The highest BCUT2D eigenvalue weighted by molar-refractivity contribution is 9.10. The fourth-order valence-electron chi connectivity index (χ4n) is 2.66. The maximum Gasteiger partial charge on any atom is 0.280 e. The van der Waals surface area contributed by atoms with Crippen molar-refractivity contribution in [3.05, 3.63) is 58.1 Å². The van der Waals surface area contributed by atoms with Gasteiger partial charge in [0.05, 0.1) is 30.7 Å². The van der Waals surface area contributed by atoms with Gasteiger partial charge >= 0.3 is 0 Å². The first-order valence-corrected chi connectivity index (χ1v) is 9.01. The molecule has 0 saturated carbocycles. The molecule has 0 unspecified atom stereocenters. The minimum atomic E-state index is -0.155. The molecule has 0 N–H and O–H groups in total. The average Bonchev–Trinajstić information content (AvgIpc) is 2.92. The molecule has 0 atom stereocenters. The molecule has 134 valence electrons. The summed E-state index contributed by atoms with van der Waals surface area (Å²) in [4.78, 5) is 12.8. The summed E-state index contributed by atoms with van der Waals surface area (Å²) in [6.07, 6.45) is 1.82. The Hall–Kier alpha value is -2.60. The Balaban J connectivity index is 1.91. The summed E-state index contributed by atoms with van der Waals surface area (Å²) in [7, 11) is 1.59. The van der Waals surface area contributed by atoms with E-state index in [1.54, 1.807) is 7.11 Å². The molecule has 0 radical (unpaired) electrons. The lowest BCUT2D eigenvalue weighted by atomic mass is 10.1. The van der Waals surface area contributed by atoms with Gasteiger partial charge in [0.2, 0.25) is 0 Å². The van der Waals surface area contributed by atoms with Crippen LogP contribution in [-0.2, 0) is 4.79 Å². The van der Waals surface area contributed by atoms with Crippen molar-refractivity contribution in [2.45, 2.75) is 13.8 Å². The molecule has 1 aliphatic rings. The number of rotatable bonds is 5. The van der Waals surface area contributed by atoms with Crippen molar-refractivity contribution in [2.75, 3.05) is 18.7 Å². The second-order valence-electron chi connectivity index (χ2n) is 5.68. The van der Waals surface area contributed by atoms with E-state index in [1.165, 1.54) is 5.01 Å². The fraction of sp³-hybridized carbons (Fsp3) is 0.200. The summed E-state index contributed by atoms with van der Waals surface area (Å²) in [5, 5.41) is 5.81.